The van der Waals surface area contributed by atoms with Crippen LogP contribution in [0.15, 0.2) is 70.3 Å². The Morgan fingerprint density at radius 1 is 0.846 bits per heavy atom. The lowest BCUT2D eigenvalue weighted by Gasteiger charge is -2.16. The fourth-order valence-electron chi connectivity index (χ4n) is 4.23. The van der Waals surface area contributed by atoms with E-state index in [1.54, 1.807) is 24.3 Å². The van der Waals surface area contributed by atoms with Crippen molar-refractivity contribution in [3.05, 3.63) is 104 Å². The maximum Gasteiger partial charge on any atom is 0.332 e. The lowest BCUT2D eigenvalue weighted by atomic mass is 10.1. The number of carbonyl (C=O) groups is 2. The Morgan fingerprint density at radius 3 is 2.08 bits per heavy atom. The molecule has 0 bridgehead atoms. The van der Waals surface area contributed by atoms with Gasteiger partial charge in [-0.15, -0.1) is 0 Å². The third-order valence-electron chi connectivity index (χ3n) is 6.43. The molecule has 4 rings (SSSR count). The SMILES string of the molecule is CNC(=O)c1ccc(Cn2c(=O)c3cc(OC)c(OC)cc3n(CC(=O)NCc3ccc(C)cc3)c2=O)cc1. The molecule has 1 aromatic heterocycles. The molecule has 0 aliphatic carbocycles. The highest BCUT2D eigenvalue weighted by Gasteiger charge is 2.19. The van der Waals surface area contributed by atoms with E-state index in [4.69, 9.17) is 9.47 Å². The fraction of sp³-hybridized carbons (Fsp3) is 0.241. The zero-order chi connectivity index (χ0) is 28.1. The predicted octanol–water partition coefficient (Wildman–Crippen LogP) is 2.21. The van der Waals surface area contributed by atoms with Gasteiger partial charge in [-0.2, -0.15) is 0 Å². The standard InChI is InChI=1S/C29H30N4O6/c1-18-5-7-19(8-6-18)15-31-26(34)17-32-23-14-25(39-4)24(38-3)13-22(23)28(36)33(29(32)37)16-20-9-11-21(12-10-20)27(35)30-2/h5-14H,15-17H2,1-4H3,(H,30,35)(H,31,34). The molecule has 2 amide bonds. The molecule has 0 fully saturated rings. The lowest BCUT2D eigenvalue weighted by Crippen LogP contribution is -2.42. The molecule has 0 atom stereocenters. The highest BCUT2D eigenvalue weighted by Crippen LogP contribution is 2.30. The molecule has 1 heterocycles. The normalized spacial score (nSPS) is 10.8. The number of hydrogen-bond acceptors (Lipinski definition) is 6. The van der Waals surface area contributed by atoms with E-state index in [-0.39, 0.29) is 29.9 Å². The van der Waals surface area contributed by atoms with Crippen molar-refractivity contribution < 1.29 is 19.1 Å². The predicted molar refractivity (Wildman–Crippen MR) is 148 cm³/mol. The third-order valence-corrected chi connectivity index (χ3v) is 6.43. The quantitative estimate of drug-likeness (QED) is 0.342. The molecule has 2 N–H and O–H groups in total. The topological polar surface area (TPSA) is 121 Å². The van der Waals surface area contributed by atoms with E-state index in [1.165, 1.54) is 38.0 Å². The van der Waals surface area contributed by atoms with E-state index in [0.717, 1.165) is 15.7 Å². The van der Waals surface area contributed by atoms with Gasteiger partial charge in [-0.05, 0) is 36.2 Å². The molecular weight excluding hydrogens is 500 g/mol. The summed E-state index contributed by atoms with van der Waals surface area (Å²) in [5, 5.41) is 5.58. The van der Waals surface area contributed by atoms with E-state index >= 15 is 0 Å². The van der Waals surface area contributed by atoms with Crippen LogP contribution < -0.4 is 31.4 Å². The van der Waals surface area contributed by atoms with Crippen molar-refractivity contribution in [2.24, 2.45) is 0 Å². The summed E-state index contributed by atoms with van der Waals surface area (Å²) in [6, 6.07) is 17.4. The van der Waals surface area contributed by atoms with Crippen LogP contribution in [0.2, 0.25) is 0 Å². The van der Waals surface area contributed by atoms with Gasteiger partial charge in [0.15, 0.2) is 11.5 Å². The van der Waals surface area contributed by atoms with Crippen LogP contribution in [0.5, 0.6) is 11.5 Å². The minimum atomic E-state index is -0.652. The average Bonchev–Trinajstić information content (AvgIpc) is 2.96. The molecule has 0 saturated carbocycles. The summed E-state index contributed by atoms with van der Waals surface area (Å²) in [7, 11) is 4.43. The highest BCUT2D eigenvalue weighted by molar-refractivity contribution is 5.94. The second kappa shape index (κ2) is 11.7. The van der Waals surface area contributed by atoms with Gasteiger partial charge in [0.1, 0.15) is 6.54 Å². The Labute approximate surface area is 224 Å². The lowest BCUT2D eigenvalue weighted by molar-refractivity contribution is -0.121. The van der Waals surface area contributed by atoms with Gasteiger partial charge in [0.25, 0.3) is 11.5 Å². The summed E-state index contributed by atoms with van der Waals surface area (Å²) < 4.78 is 13.1. The van der Waals surface area contributed by atoms with Crippen molar-refractivity contribution >= 4 is 22.7 Å². The van der Waals surface area contributed by atoms with E-state index in [9.17, 15) is 19.2 Å². The smallest absolute Gasteiger partial charge is 0.332 e. The molecular formula is C29H30N4O6. The summed E-state index contributed by atoms with van der Waals surface area (Å²) in [5.74, 6) is -0.00360. The first-order valence-corrected chi connectivity index (χ1v) is 12.3. The largest absolute Gasteiger partial charge is 0.493 e. The average molecular weight is 531 g/mol. The van der Waals surface area contributed by atoms with Crippen molar-refractivity contribution in [2.45, 2.75) is 26.6 Å². The van der Waals surface area contributed by atoms with E-state index in [2.05, 4.69) is 10.6 Å². The second-order valence-corrected chi connectivity index (χ2v) is 9.02. The zero-order valence-electron chi connectivity index (χ0n) is 22.2. The molecule has 202 valence electrons. The highest BCUT2D eigenvalue weighted by atomic mass is 16.5. The zero-order valence-corrected chi connectivity index (χ0v) is 22.2. The number of fused-ring (bicyclic) bond motifs is 1. The van der Waals surface area contributed by atoms with Gasteiger partial charge >= 0.3 is 5.69 Å². The first-order valence-electron chi connectivity index (χ1n) is 12.3. The van der Waals surface area contributed by atoms with Crippen LogP contribution in [-0.4, -0.2) is 42.2 Å². The molecule has 0 aliphatic heterocycles. The van der Waals surface area contributed by atoms with Crippen LogP contribution in [0.25, 0.3) is 10.9 Å². The molecule has 0 unspecified atom stereocenters. The van der Waals surface area contributed by atoms with Crippen LogP contribution in [0, 0.1) is 6.92 Å². The Kier molecular flexibility index (Phi) is 8.14. The molecule has 0 spiro atoms. The van der Waals surface area contributed by atoms with Gasteiger partial charge < -0.3 is 20.1 Å². The maximum absolute atomic E-state index is 13.6. The number of benzene rings is 3. The number of hydrogen-bond donors (Lipinski definition) is 2. The summed E-state index contributed by atoms with van der Waals surface area (Å²) in [6.45, 7) is 1.90. The summed E-state index contributed by atoms with van der Waals surface area (Å²) in [4.78, 5) is 52.0. The van der Waals surface area contributed by atoms with Crippen molar-refractivity contribution in [3.63, 3.8) is 0 Å². The maximum atomic E-state index is 13.6. The number of nitrogens with zero attached hydrogens (tertiary/aromatic N) is 2. The number of aromatic nitrogens is 2. The minimum absolute atomic E-state index is 0.0546. The van der Waals surface area contributed by atoms with Crippen molar-refractivity contribution in [1.82, 2.24) is 19.8 Å². The first-order chi connectivity index (χ1) is 18.7. The third kappa shape index (κ3) is 5.85. The Morgan fingerprint density at radius 2 is 1.46 bits per heavy atom. The van der Waals surface area contributed by atoms with Crippen LogP contribution >= 0.6 is 0 Å². The van der Waals surface area contributed by atoms with Crippen LogP contribution in [0.4, 0.5) is 0 Å². The molecule has 0 radical (unpaired) electrons. The number of rotatable bonds is 9. The van der Waals surface area contributed by atoms with Crippen LogP contribution in [-0.2, 0) is 24.4 Å². The Balaban J connectivity index is 1.75. The van der Waals surface area contributed by atoms with Crippen molar-refractivity contribution in [1.29, 1.82) is 0 Å². The van der Waals surface area contributed by atoms with Gasteiger partial charge in [-0.3, -0.25) is 23.5 Å². The molecule has 4 aromatic rings. The van der Waals surface area contributed by atoms with Gasteiger partial charge in [-0.1, -0.05) is 42.0 Å². The van der Waals surface area contributed by atoms with Gasteiger partial charge in [-0.25, -0.2) is 4.79 Å². The minimum Gasteiger partial charge on any atom is -0.493 e. The summed E-state index contributed by atoms with van der Waals surface area (Å²) in [5.41, 5.74) is 2.17. The van der Waals surface area contributed by atoms with Crippen LogP contribution in [0.3, 0.4) is 0 Å². The monoisotopic (exact) mass is 530 g/mol. The summed E-state index contributed by atoms with van der Waals surface area (Å²) in [6.07, 6.45) is 0. The van der Waals surface area contributed by atoms with E-state index in [1.807, 2.05) is 31.2 Å². The summed E-state index contributed by atoms with van der Waals surface area (Å²) >= 11 is 0. The van der Waals surface area contributed by atoms with Gasteiger partial charge in [0.2, 0.25) is 5.91 Å². The fourth-order valence-corrected chi connectivity index (χ4v) is 4.23. The van der Waals surface area contributed by atoms with Gasteiger partial charge in [0, 0.05) is 25.2 Å². The van der Waals surface area contributed by atoms with Gasteiger partial charge in [0.05, 0.1) is 31.7 Å². The van der Waals surface area contributed by atoms with Crippen molar-refractivity contribution in [2.75, 3.05) is 21.3 Å². The number of amides is 2. The first kappa shape index (κ1) is 27.2. The number of methoxy groups -OCH3 is 2. The number of carbonyl (C=O) groups excluding carboxylic acids is 2. The van der Waals surface area contributed by atoms with E-state index in [0.29, 0.717) is 29.2 Å². The second-order valence-electron chi connectivity index (χ2n) is 9.02. The number of aryl methyl sites for hydroxylation is 1. The molecule has 0 aliphatic rings. The molecule has 10 nitrogen and oxygen atoms in total. The van der Waals surface area contributed by atoms with E-state index < -0.39 is 17.2 Å². The molecule has 10 heteroatoms. The number of nitrogens with one attached hydrogen (secondary N) is 2. The molecule has 39 heavy (non-hydrogen) atoms. The Bertz CT molecular complexity index is 1640. The van der Waals surface area contributed by atoms with Crippen molar-refractivity contribution in [3.8, 4) is 11.5 Å². The molecule has 3 aromatic carbocycles. The van der Waals surface area contributed by atoms with Crippen LogP contribution in [0.1, 0.15) is 27.0 Å². The molecule has 0 saturated heterocycles. The Hall–Kier alpha value is -4.86. The number of ether oxygens (including phenoxy) is 2.